The molecule has 0 bridgehead atoms. The number of nitriles is 1. The van der Waals surface area contributed by atoms with Crippen molar-refractivity contribution >= 4 is 5.69 Å². The number of methoxy groups -OCH3 is 1. The van der Waals surface area contributed by atoms with Gasteiger partial charge in [0, 0.05) is 29.9 Å². The van der Waals surface area contributed by atoms with Gasteiger partial charge in [-0.25, -0.2) is 0 Å². The zero-order chi connectivity index (χ0) is 13.8. The first-order chi connectivity index (χ1) is 9.19. The van der Waals surface area contributed by atoms with E-state index in [9.17, 15) is 0 Å². The van der Waals surface area contributed by atoms with Gasteiger partial charge in [-0.05, 0) is 31.9 Å². The van der Waals surface area contributed by atoms with Gasteiger partial charge in [0.25, 0.3) is 0 Å². The number of anilines is 1. The molecule has 1 aromatic rings. The number of benzene rings is 1. The van der Waals surface area contributed by atoms with Crippen LogP contribution in [0.1, 0.15) is 37.8 Å². The molecule has 1 unspecified atom stereocenters. The lowest BCUT2D eigenvalue weighted by atomic mass is 10.0. The topological polar surface area (TPSA) is 62.3 Å². The van der Waals surface area contributed by atoms with Crippen molar-refractivity contribution < 1.29 is 4.74 Å². The Balaban J connectivity index is 2.38. The van der Waals surface area contributed by atoms with E-state index in [-0.39, 0.29) is 6.04 Å². The number of nitrogens with zero attached hydrogens (tertiary/aromatic N) is 2. The first kappa shape index (κ1) is 13.7. The van der Waals surface area contributed by atoms with Crippen LogP contribution in [0.4, 0.5) is 5.69 Å². The highest BCUT2D eigenvalue weighted by Gasteiger charge is 2.31. The van der Waals surface area contributed by atoms with Crippen molar-refractivity contribution in [1.29, 1.82) is 5.26 Å². The van der Waals surface area contributed by atoms with Gasteiger partial charge < -0.3 is 15.4 Å². The van der Waals surface area contributed by atoms with E-state index in [1.165, 1.54) is 12.8 Å². The van der Waals surface area contributed by atoms with E-state index in [2.05, 4.69) is 17.0 Å². The van der Waals surface area contributed by atoms with Crippen molar-refractivity contribution in [3.8, 4) is 11.8 Å². The van der Waals surface area contributed by atoms with E-state index in [1.807, 2.05) is 19.1 Å². The van der Waals surface area contributed by atoms with E-state index >= 15 is 0 Å². The zero-order valence-corrected chi connectivity index (χ0v) is 11.6. The molecule has 0 radical (unpaired) electrons. The minimum absolute atomic E-state index is 0.0884. The fraction of sp³-hybridized carbons (Fsp3) is 0.533. The van der Waals surface area contributed by atoms with Crippen LogP contribution in [0.3, 0.4) is 0 Å². The maximum Gasteiger partial charge on any atom is 0.125 e. The van der Waals surface area contributed by atoms with Crippen LogP contribution in [0.15, 0.2) is 18.2 Å². The van der Waals surface area contributed by atoms with Crippen molar-refractivity contribution in [3.63, 3.8) is 0 Å². The molecule has 0 aliphatic heterocycles. The van der Waals surface area contributed by atoms with Crippen molar-refractivity contribution in [2.45, 2.75) is 38.3 Å². The molecule has 1 fully saturated rings. The summed E-state index contributed by atoms with van der Waals surface area (Å²) in [5.74, 6) is 0.829. The van der Waals surface area contributed by atoms with Gasteiger partial charge >= 0.3 is 0 Å². The highest BCUT2D eigenvalue weighted by Crippen LogP contribution is 2.39. The lowest BCUT2D eigenvalue weighted by Crippen LogP contribution is -2.28. The van der Waals surface area contributed by atoms with Gasteiger partial charge in [0.05, 0.1) is 19.6 Å². The lowest BCUT2D eigenvalue weighted by molar-refractivity contribution is 0.407. The Morgan fingerprint density at radius 3 is 2.79 bits per heavy atom. The minimum atomic E-state index is -0.0884. The number of ether oxygens (including phenoxy) is 1. The Labute approximate surface area is 114 Å². The maximum absolute atomic E-state index is 8.82. The molecule has 1 aromatic carbocycles. The average Bonchev–Trinajstić information content (AvgIpc) is 3.23. The molecule has 1 aliphatic carbocycles. The van der Waals surface area contributed by atoms with Crippen LogP contribution in [0.2, 0.25) is 0 Å². The molecule has 102 valence electrons. The van der Waals surface area contributed by atoms with E-state index in [0.717, 1.165) is 23.5 Å². The molecule has 1 aliphatic rings. The highest BCUT2D eigenvalue weighted by atomic mass is 16.5. The van der Waals surface area contributed by atoms with E-state index in [0.29, 0.717) is 12.5 Å². The van der Waals surface area contributed by atoms with Crippen LogP contribution in [0, 0.1) is 11.3 Å². The van der Waals surface area contributed by atoms with Crippen molar-refractivity contribution in [1.82, 2.24) is 0 Å². The predicted molar refractivity (Wildman–Crippen MR) is 76.2 cm³/mol. The summed E-state index contributed by atoms with van der Waals surface area (Å²) >= 11 is 0. The lowest BCUT2D eigenvalue weighted by Gasteiger charge is -2.28. The van der Waals surface area contributed by atoms with Gasteiger partial charge in [-0.1, -0.05) is 6.07 Å². The van der Waals surface area contributed by atoms with Gasteiger partial charge in [-0.15, -0.1) is 0 Å². The van der Waals surface area contributed by atoms with Crippen molar-refractivity contribution in [3.05, 3.63) is 23.8 Å². The summed E-state index contributed by atoms with van der Waals surface area (Å²) in [5, 5.41) is 8.82. The summed E-state index contributed by atoms with van der Waals surface area (Å²) < 4.78 is 5.43. The smallest absolute Gasteiger partial charge is 0.125 e. The summed E-state index contributed by atoms with van der Waals surface area (Å²) in [5.41, 5.74) is 8.26. The van der Waals surface area contributed by atoms with Crippen LogP contribution in [-0.4, -0.2) is 19.7 Å². The van der Waals surface area contributed by atoms with Crippen molar-refractivity contribution in [2.24, 2.45) is 5.73 Å². The normalized spacial score (nSPS) is 15.7. The van der Waals surface area contributed by atoms with E-state index in [4.69, 9.17) is 15.7 Å². The molecule has 2 rings (SSSR count). The highest BCUT2D eigenvalue weighted by molar-refractivity contribution is 5.62. The molecule has 0 aromatic heterocycles. The quantitative estimate of drug-likeness (QED) is 0.853. The van der Waals surface area contributed by atoms with Crippen LogP contribution in [-0.2, 0) is 0 Å². The molecule has 19 heavy (non-hydrogen) atoms. The van der Waals surface area contributed by atoms with E-state index in [1.54, 1.807) is 7.11 Å². The summed E-state index contributed by atoms with van der Waals surface area (Å²) in [6.45, 7) is 2.73. The van der Waals surface area contributed by atoms with Crippen LogP contribution in [0.5, 0.6) is 5.75 Å². The summed E-state index contributed by atoms with van der Waals surface area (Å²) in [6, 6.07) is 8.70. The van der Waals surface area contributed by atoms with Gasteiger partial charge in [0.15, 0.2) is 0 Å². The maximum atomic E-state index is 8.82. The number of hydrogen-bond donors (Lipinski definition) is 1. The van der Waals surface area contributed by atoms with Crippen LogP contribution in [0.25, 0.3) is 0 Å². The summed E-state index contributed by atoms with van der Waals surface area (Å²) in [7, 11) is 1.67. The first-order valence-corrected chi connectivity index (χ1v) is 6.75. The Morgan fingerprint density at radius 2 is 2.26 bits per heavy atom. The van der Waals surface area contributed by atoms with Crippen LogP contribution >= 0.6 is 0 Å². The van der Waals surface area contributed by atoms with Gasteiger partial charge in [0.1, 0.15) is 5.75 Å². The average molecular weight is 259 g/mol. The molecule has 1 atom stereocenters. The molecule has 0 heterocycles. The third kappa shape index (κ3) is 2.99. The molecule has 0 saturated heterocycles. The van der Waals surface area contributed by atoms with E-state index < -0.39 is 0 Å². The monoisotopic (exact) mass is 259 g/mol. The molecule has 4 heteroatoms. The Morgan fingerprint density at radius 1 is 1.53 bits per heavy atom. The SMILES string of the molecule is COc1cccc(N(CCC#N)C2CC2)c1C(C)N. The summed E-state index contributed by atoms with van der Waals surface area (Å²) in [4.78, 5) is 2.31. The van der Waals surface area contributed by atoms with Gasteiger partial charge in [-0.2, -0.15) is 5.26 Å². The second kappa shape index (κ2) is 5.94. The molecular formula is C15H21N3O. The molecule has 1 saturated carbocycles. The zero-order valence-electron chi connectivity index (χ0n) is 11.6. The fourth-order valence-corrected chi connectivity index (χ4v) is 2.47. The first-order valence-electron chi connectivity index (χ1n) is 6.75. The molecule has 4 nitrogen and oxygen atoms in total. The molecule has 2 N–H and O–H groups in total. The minimum Gasteiger partial charge on any atom is -0.496 e. The van der Waals surface area contributed by atoms with Gasteiger partial charge in [0.2, 0.25) is 0 Å². The molecule has 0 spiro atoms. The number of nitrogens with two attached hydrogens (primary N) is 1. The third-order valence-corrected chi connectivity index (χ3v) is 3.48. The Kier molecular flexibility index (Phi) is 4.28. The molecule has 0 amide bonds. The molecular weight excluding hydrogens is 238 g/mol. The Hall–Kier alpha value is -1.73. The second-order valence-electron chi connectivity index (χ2n) is 5.01. The third-order valence-electron chi connectivity index (χ3n) is 3.48. The second-order valence-corrected chi connectivity index (χ2v) is 5.01. The number of hydrogen-bond acceptors (Lipinski definition) is 4. The van der Waals surface area contributed by atoms with Gasteiger partial charge in [-0.3, -0.25) is 0 Å². The number of rotatable bonds is 6. The standard InChI is InChI=1S/C15H21N3O/c1-11(17)15-13(5-3-6-14(15)19-2)18(10-4-9-16)12-7-8-12/h3,5-6,11-12H,4,7-8,10,17H2,1-2H3. The largest absolute Gasteiger partial charge is 0.496 e. The fourth-order valence-electron chi connectivity index (χ4n) is 2.47. The Bertz CT molecular complexity index is 475. The summed E-state index contributed by atoms with van der Waals surface area (Å²) in [6.07, 6.45) is 2.92. The van der Waals surface area contributed by atoms with Crippen molar-refractivity contribution in [2.75, 3.05) is 18.6 Å². The predicted octanol–water partition coefficient (Wildman–Crippen LogP) is 2.60. The van der Waals surface area contributed by atoms with Crippen LogP contribution < -0.4 is 15.4 Å².